The van der Waals surface area contributed by atoms with Crippen molar-refractivity contribution in [3.05, 3.63) is 70.0 Å². The average Bonchev–Trinajstić information content (AvgIpc) is 2.33. The molecule has 0 fully saturated rings. The molecule has 0 spiro atoms. The van der Waals surface area contributed by atoms with Crippen molar-refractivity contribution >= 4 is 11.6 Å². The van der Waals surface area contributed by atoms with Gasteiger partial charge in [0.25, 0.3) is 0 Å². The van der Waals surface area contributed by atoms with Gasteiger partial charge in [-0.15, -0.1) is 0 Å². The van der Waals surface area contributed by atoms with Crippen LogP contribution in [0.4, 0.5) is 4.39 Å². The van der Waals surface area contributed by atoms with E-state index in [9.17, 15) is 9.50 Å². The van der Waals surface area contributed by atoms with Crippen molar-refractivity contribution in [3.8, 4) is 0 Å². The molecule has 1 unspecified atom stereocenters. The minimum absolute atomic E-state index is 0.0601. The molecule has 0 heterocycles. The lowest BCUT2D eigenvalue weighted by Crippen LogP contribution is -2.00. The highest BCUT2D eigenvalue weighted by molar-refractivity contribution is 6.30. The van der Waals surface area contributed by atoms with E-state index in [0.717, 1.165) is 11.1 Å². The monoisotopic (exact) mass is 250 g/mol. The van der Waals surface area contributed by atoms with E-state index >= 15 is 0 Å². The van der Waals surface area contributed by atoms with Crippen LogP contribution in [-0.2, 0) is 0 Å². The summed E-state index contributed by atoms with van der Waals surface area (Å²) in [5, 5.41) is 10.1. The summed E-state index contributed by atoms with van der Waals surface area (Å²) in [5.74, 6) is -0.518. The highest BCUT2D eigenvalue weighted by Crippen LogP contribution is 2.25. The van der Waals surface area contributed by atoms with E-state index in [-0.39, 0.29) is 5.02 Å². The first kappa shape index (κ1) is 12.1. The molecule has 0 amide bonds. The molecule has 0 bridgehead atoms. The number of hydrogen-bond acceptors (Lipinski definition) is 1. The minimum atomic E-state index is -0.831. The maximum atomic E-state index is 13.3. The molecule has 2 rings (SSSR count). The molecule has 0 saturated heterocycles. The van der Waals surface area contributed by atoms with Crippen LogP contribution in [0.15, 0.2) is 42.5 Å². The standard InChI is InChI=1S/C14H12ClFO/c1-9-2-4-10(5-3-9)14(17)11-6-7-12(15)13(16)8-11/h2-8,14,17H,1H3. The molecule has 1 N–H and O–H groups in total. The Morgan fingerprint density at radius 1 is 1.06 bits per heavy atom. The smallest absolute Gasteiger partial charge is 0.142 e. The zero-order valence-corrected chi connectivity index (χ0v) is 10.1. The summed E-state index contributed by atoms with van der Waals surface area (Å²) in [6.45, 7) is 1.97. The first-order chi connectivity index (χ1) is 8.08. The van der Waals surface area contributed by atoms with Gasteiger partial charge in [-0.2, -0.15) is 0 Å². The Balaban J connectivity index is 2.33. The Morgan fingerprint density at radius 2 is 1.65 bits per heavy atom. The fourth-order valence-electron chi connectivity index (χ4n) is 1.62. The lowest BCUT2D eigenvalue weighted by atomic mass is 10.0. The first-order valence-electron chi connectivity index (χ1n) is 5.27. The van der Waals surface area contributed by atoms with E-state index in [1.807, 2.05) is 31.2 Å². The summed E-state index contributed by atoms with van der Waals surface area (Å²) < 4.78 is 13.3. The van der Waals surface area contributed by atoms with Gasteiger partial charge in [-0.05, 0) is 30.2 Å². The van der Waals surface area contributed by atoms with Gasteiger partial charge in [0.15, 0.2) is 0 Å². The fourth-order valence-corrected chi connectivity index (χ4v) is 1.74. The number of aliphatic hydroxyl groups excluding tert-OH is 1. The number of halogens is 2. The van der Waals surface area contributed by atoms with Gasteiger partial charge in [0.05, 0.1) is 5.02 Å². The van der Waals surface area contributed by atoms with Crippen molar-refractivity contribution in [2.45, 2.75) is 13.0 Å². The van der Waals surface area contributed by atoms with Gasteiger partial charge in [-0.1, -0.05) is 47.5 Å². The minimum Gasteiger partial charge on any atom is -0.384 e. The lowest BCUT2D eigenvalue weighted by molar-refractivity contribution is 0.220. The zero-order chi connectivity index (χ0) is 12.4. The van der Waals surface area contributed by atoms with E-state index in [4.69, 9.17) is 11.6 Å². The second-order valence-corrected chi connectivity index (χ2v) is 4.39. The predicted octanol–water partition coefficient (Wildman–Crippen LogP) is 3.87. The predicted molar refractivity (Wildman–Crippen MR) is 66.7 cm³/mol. The largest absolute Gasteiger partial charge is 0.384 e. The van der Waals surface area contributed by atoms with Gasteiger partial charge in [0.2, 0.25) is 0 Å². The lowest BCUT2D eigenvalue weighted by Gasteiger charge is -2.12. The molecule has 0 radical (unpaired) electrons. The van der Waals surface area contributed by atoms with Crippen LogP contribution in [0.25, 0.3) is 0 Å². The molecule has 0 saturated carbocycles. The van der Waals surface area contributed by atoms with Gasteiger partial charge in [-0.25, -0.2) is 4.39 Å². The number of aryl methyl sites for hydroxylation is 1. The third-order valence-corrected chi connectivity index (χ3v) is 2.96. The topological polar surface area (TPSA) is 20.2 Å². The van der Waals surface area contributed by atoms with Crippen molar-refractivity contribution in [1.82, 2.24) is 0 Å². The Morgan fingerprint density at radius 3 is 2.24 bits per heavy atom. The Hall–Kier alpha value is -1.38. The molecule has 0 aromatic heterocycles. The van der Waals surface area contributed by atoms with Gasteiger partial charge in [0.1, 0.15) is 11.9 Å². The van der Waals surface area contributed by atoms with Crippen molar-refractivity contribution in [2.75, 3.05) is 0 Å². The van der Waals surface area contributed by atoms with E-state index in [1.54, 1.807) is 6.07 Å². The average molecular weight is 251 g/mol. The molecular weight excluding hydrogens is 239 g/mol. The maximum Gasteiger partial charge on any atom is 0.142 e. The summed E-state index contributed by atoms with van der Waals surface area (Å²) in [5.41, 5.74) is 2.34. The second kappa shape index (κ2) is 4.86. The van der Waals surface area contributed by atoms with Crippen LogP contribution in [0, 0.1) is 12.7 Å². The third-order valence-electron chi connectivity index (χ3n) is 2.65. The second-order valence-electron chi connectivity index (χ2n) is 3.99. The maximum absolute atomic E-state index is 13.3. The number of rotatable bonds is 2. The van der Waals surface area contributed by atoms with Gasteiger partial charge in [0, 0.05) is 0 Å². The summed E-state index contributed by atoms with van der Waals surface area (Å²) in [6, 6.07) is 11.8. The van der Waals surface area contributed by atoms with Crippen LogP contribution < -0.4 is 0 Å². The van der Waals surface area contributed by atoms with E-state index < -0.39 is 11.9 Å². The number of benzene rings is 2. The Labute approximate surface area is 104 Å². The molecule has 0 aliphatic heterocycles. The SMILES string of the molecule is Cc1ccc(C(O)c2ccc(Cl)c(F)c2)cc1. The Bertz CT molecular complexity index is 522. The highest BCUT2D eigenvalue weighted by Gasteiger charge is 2.12. The van der Waals surface area contributed by atoms with E-state index in [2.05, 4.69) is 0 Å². The summed E-state index contributed by atoms with van der Waals surface area (Å²) >= 11 is 5.60. The fraction of sp³-hybridized carbons (Fsp3) is 0.143. The van der Waals surface area contributed by atoms with Crippen LogP contribution in [-0.4, -0.2) is 5.11 Å². The molecule has 1 atom stereocenters. The van der Waals surface area contributed by atoms with Crippen molar-refractivity contribution < 1.29 is 9.50 Å². The first-order valence-corrected chi connectivity index (χ1v) is 5.65. The summed E-state index contributed by atoms with van der Waals surface area (Å²) in [6.07, 6.45) is -0.831. The summed E-state index contributed by atoms with van der Waals surface area (Å²) in [7, 11) is 0. The van der Waals surface area contributed by atoms with Crippen molar-refractivity contribution in [2.24, 2.45) is 0 Å². The molecule has 1 nitrogen and oxygen atoms in total. The van der Waals surface area contributed by atoms with Crippen LogP contribution in [0.5, 0.6) is 0 Å². The van der Waals surface area contributed by atoms with E-state index in [0.29, 0.717) is 5.56 Å². The van der Waals surface area contributed by atoms with Crippen molar-refractivity contribution in [1.29, 1.82) is 0 Å². The quantitative estimate of drug-likeness (QED) is 0.858. The molecule has 2 aromatic rings. The normalized spacial score (nSPS) is 12.5. The van der Waals surface area contributed by atoms with Gasteiger partial charge >= 0.3 is 0 Å². The Kier molecular flexibility index (Phi) is 3.46. The molecule has 2 aromatic carbocycles. The van der Waals surface area contributed by atoms with Crippen LogP contribution in [0.2, 0.25) is 5.02 Å². The highest BCUT2D eigenvalue weighted by atomic mass is 35.5. The van der Waals surface area contributed by atoms with Crippen molar-refractivity contribution in [3.63, 3.8) is 0 Å². The molecule has 0 aliphatic carbocycles. The van der Waals surface area contributed by atoms with Gasteiger partial charge in [-0.3, -0.25) is 0 Å². The van der Waals surface area contributed by atoms with E-state index in [1.165, 1.54) is 12.1 Å². The zero-order valence-electron chi connectivity index (χ0n) is 9.32. The number of hydrogen-bond donors (Lipinski definition) is 1. The van der Waals surface area contributed by atoms with Crippen LogP contribution in [0.1, 0.15) is 22.8 Å². The molecule has 17 heavy (non-hydrogen) atoms. The molecule has 3 heteroatoms. The molecule has 88 valence electrons. The van der Waals surface area contributed by atoms with Crippen LogP contribution in [0.3, 0.4) is 0 Å². The molecular formula is C14H12ClFO. The van der Waals surface area contributed by atoms with Gasteiger partial charge < -0.3 is 5.11 Å². The third kappa shape index (κ3) is 2.65. The summed E-state index contributed by atoms with van der Waals surface area (Å²) in [4.78, 5) is 0. The van der Waals surface area contributed by atoms with Crippen LogP contribution >= 0.6 is 11.6 Å². The molecule has 0 aliphatic rings. The number of aliphatic hydroxyl groups is 1.